The number of benzene rings is 1. The Balaban J connectivity index is 1.60. The highest BCUT2D eigenvalue weighted by atomic mass is 32.2. The number of thioether (sulfide) groups is 1. The standard InChI is InChI=1S/C15H19N3O2S/c19-14-13(16-15(20)17-8-10-21-11-9-17)6-7-18(14)12-4-2-1-3-5-12/h1-5,13H,6-11H2,(H,16,20)/t13-/m1/s1. The topological polar surface area (TPSA) is 52.7 Å². The van der Waals surface area contributed by atoms with Crippen LogP contribution < -0.4 is 10.2 Å². The maximum atomic E-state index is 12.4. The van der Waals surface area contributed by atoms with E-state index in [1.165, 1.54) is 0 Å². The zero-order valence-electron chi connectivity index (χ0n) is 11.8. The van der Waals surface area contributed by atoms with Gasteiger partial charge in [-0.05, 0) is 18.6 Å². The fourth-order valence-corrected chi connectivity index (χ4v) is 3.59. The van der Waals surface area contributed by atoms with E-state index < -0.39 is 6.04 Å². The van der Waals surface area contributed by atoms with Crippen LogP contribution in [0, 0.1) is 0 Å². The van der Waals surface area contributed by atoms with Crippen LogP contribution in [0.2, 0.25) is 0 Å². The summed E-state index contributed by atoms with van der Waals surface area (Å²) in [7, 11) is 0. The minimum Gasteiger partial charge on any atom is -0.326 e. The molecule has 1 N–H and O–H groups in total. The van der Waals surface area contributed by atoms with E-state index in [0.717, 1.165) is 30.3 Å². The Labute approximate surface area is 128 Å². The second kappa shape index (κ2) is 6.39. The summed E-state index contributed by atoms with van der Waals surface area (Å²) in [5, 5.41) is 2.88. The zero-order valence-corrected chi connectivity index (χ0v) is 12.6. The van der Waals surface area contributed by atoms with E-state index in [4.69, 9.17) is 0 Å². The summed E-state index contributed by atoms with van der Waals surface area (Å²) < 4.78 is 0. The third kappa shape index (κ3) is 3.15. The highest BCUT2D eigenvalue weighted by molar-refractivity contribution is 7.99. The van der Waals surface area contributed by atoms with Gasteiger partial charge in [-0.3, -0.25) is 4.79 Å². The Morgan fingerprint density at radius 3 is 2.57 bits per heavy atom. The Kier molecular flexibility index (Phi) is 4.34. The van der Waals surface area contributed by atoms with Gasteiger partial charge in [-0.1, -0.05) is 18.2 Å². The van der Waals surface area contributed by atoms with Gasteiger partial charge in [-0.25, -0.2) is 4.79 Å². The molecule has 0 spiro atoms. The molecule has 2 saturated heterocycles. The summed E-state index contributed by atoms with van der Waals surface area (Å²) in [5.41, 5.74) is 0.897. The Morgan fingerprint density at radius 2 is 1.86 bits per heavy atom. The van der Waals surface area contributed by atoms with Gasteiger partial charge >= 0.3 is 6.03 Å². The van der Waals surface area contributed by atoms with Crippen LogP contribution in [0.5, 0.6) is 0 Å². The highest BCUT2D eigenvalue weighted by Gasteiger charge is 2.34. The van der Waals surface area contributed by atoms with E-state index in [-0.39, 0.29) is 11.9 Å². The van der Waals surface area contributed by atoms with Crippen LogP contribution in [0.15, 0.2) is 30.3 Å². The molecule has 2 fully saturated rings. The summed E-state index contributed by atoms with van der Waals surface area (Å²) >= 11 is 1.86. The molecular weight excluding hydrogens is 286 g/mol. The fourth-order valence-electron chi connectivity index (χ4n) is 2.68. The molecular formula is C15H19N3O2S. The predicted molar refractivity (Wildman–Crippen MR) is 84.6 cm³/mol. The lowest BCUT2D eigenvalue weighted by atomic mass is 10.2. The van der Waals surface area contributed by atoms with Crippen LogP contribution in [0.25, 0.3) is 0 Å². The molecule has 2 aliphatic rings. The number of nitrogens with one attached hydrogen (secondary N) is 1. The van der Waals surface area contributed by atoms with Crippen molar-refractivity contribution in [1.82, 2.24) is 10.2 Å². The number of amides is 3. The zero-order chi connectivity index (χ0) is 14.7. The number of anilines is 1. The average Bonchev–Trinajstić information content (AvgIpc) is 2.90. The number of carbonyl (C=O) groups is 2. The number of urea groups is 1. The first-order chi connectivity index (χ1) is 10.3. The quantitative estimate of drug-likeness (QED) is 0.902. The van der Waals surface area contributed by atoms with Gasteiger partial charge in [0.15, 0.2) is 0 Å². The molecule has 1 atom stereocenters. The van der Waals surface area contributed by atoms with Crippen molar-refractivity contribution in [2.24, 2.45) is 0 Å². The first-order valence-electron chi connectivity index (χ1n) is 7.25. The van der Waals surface area contributed by atoms with Gasteiger partial charge in [-0.2, -0.15) is 11.8 Å². The van der Waals surface area contributed by atoms with Crippen LogP contribution in [-0.2, 0) is 4.79 Å². The molecule has 21 heavy (non-hydrogen) atoms. The molecule has 5 nitrogen and oxygen atoms in total. The normalized spacial score (nSPS) is 22.5. The minimum atomic E-state index is -0.396. The Morgan fingerprint density at radius 1 is 1.14 bits per heavy atom. The summed E-state index contributed by atoms with van der Waals surface area (Å²) in [5.74, 6) is 1.94. The molecule has 0 aliphatic carbocycles. The molecule has 1 aromatic carbocycles. The van der Waals surface area contributed by atoms with Crippen molar-refractivity contribution in [3.8, 4) is 0 Å². The van der Waals surface area contributed by atoms with Crippen molar-refractivity contribution < 1.29 is 9.59 Å². The van der Waals surface area contributed by atoms with Gasteiger partial charge in [-0.15, -0.1) is 0 Å². The minimum absolute atomic E-state index is 0.0130. The second-order valence-corrected chi connectivity index (χ2v) is 6.44. The molecule has 0 bridgehead atoms. The van der Waals surface area contributed by atoms with Crippen molar-refractivity contribution in [2.75, 3.05) is 36.0 Å². The first-order valence-corrected chi connectivity index (χ1v) is 8.41. The van der Waals surface area contributed by atoms with Crippen LogP contribution in [0.3, 0.4) is 0 Å². The van der Waals surface area contributed by atoms with Crippen molar-refractivity contribution in [2.45, 2.75) is 12.5 Å². The summed E-state index contributed by atoms with van der Waals surface area (Å²) in [6.07, 6.45) is 0.669. The van der Waals surface area contributed by atoms with Crippen molar-refractivity contribution in [1.29, 1.82) is 0 Å². The van der Waals surface area contributed by atoms with Crippen LogP contribution >= 0.6 is 11.8 Å². The summed E-state index contributed by atoms with van der Waals surface area (Å²) in [6.45, 7) is 2.18. The van der Waals surface area contributed by atoms with E-state index in [1.54, 1.807) is 9.80 Å². The molecule has 3 rings (SSSR count). The third-order valence-electron chi connectivity index (χ3n) is 3.87. The molecule has 0 radical (unpaired) electrons. The van der Waals surface area contributed by atoms with E-state index >= 15 is 0 Å². The molecule has 1 aromatic rings. The number of hydrogen-bond donors (Lipinski definition) is 1. The van der Waals surface area contributed by atoms with Gasteiger partial charge < -0.3 is 15.1 Å². The summed E-state index contributed by atoms with van der Waals surface area (Å²) in [4.78, 5) is 28.1. The predicted octanol–water partition coefficient (Wildman–Crippen LogP) is 1.55. The number of nitrogens with zero attached hydrogens (tertiary/aromatic N) is 2. The SMILES string of the molecule is O=C(N[C@@H]1CCN(c2ccccc2)C1=O)N1CCSCC1. The van der Waals surface area contributed by atoms with Crippen molar-refractivity contribution >= 4 is 29.4 Å². The highest BCUT2D eigenvalue weighted by Crippen LogP contribution is 2.21. The van der Waals surface area contributed by atoms with Gasteiger partial charge in [0, 0.05) is 36.8 Å². The van der Waals surface area contributed by atoms with Crippen LogP contribution in [-0.4, -0.2) is 54.0 Å². The molecule has 0 saturated carbocycles. The lowest BCUT2D eigenvalue weighted by Gasteiger charge is -2.27. The fraction of sp³-hybridized carbons (Fsp3) is 0.467. The van der Waals surface area contributed by atoms with Crippen LogP contribution in [0.1, 0.15) is 6.42 Å². The van der Waals surface area contributed by atoms with E-state index in [2.05, 4.69) is 5.32 Å². The third-order valence-corrected chi connectivity index (χ3v) is 4.81. The van der Waals surface area contributed by atoms with Gasteiger partial charge in [0.05, 0.1) is 0 Å². The molecule has 0 aromatic heterocycles. The number of hydrogen-bond acceptors (Lipinski definition) is 3. The monoisotopic (exact) mass is 305 g/mol. The molecule has 112 valence electrons. The van der Waals surface area contributed by atoms with Gasteiger partial charge in [0.1, 0.15) is 6.04 Å². The largest absolute Gasteiger partial charge is 0.326 e. The number of rotatable bonds is 2. The van der Waals surface area contributed by atoms with Crippen LogP contribution in [0.4, 0.5) is 10.5 Å². The van der Waals surface area contributed by atoms with Gasteiger partial charge in [0.2, 0.25) is 5.91 Å². The molecule has 3 amide bonds. The average molecular weight is 305 g/mol. The molecule has 2 aliphatic heterocycles. The first kappa shape index (κ1) is 14.3. The second-order valence-electron chi connectivity index (χ2n) is 5.22. The Bertz CT molecular complexity index is 517. The maximum absolute atomic E-state index is 12.4. The maximum Gasteiger partial charge on any atom is 0.318 e. The van der Waals surface area contributed by atoms with Crippen molar-refractivity contribution in [3.05, 3.63) is 30.3 Å². The van der Waals surface area contributed by atoms with Gasteiger partial charge in [0.25, 0.3) is 0 Å². The van der Waals surface area contributed by atoms with Crippen molar-refractivity contribution in [3.63, 3.8) is 0 Å². The molecule has 6 heteroatoms. The van der Waals surface area contributed by atoms with E-state index in [1.807, 2.05) is 42.1 Å². The van der Waals surface area contributed by atoms with E-state index in [9.17, 15) is 9.59 Å². The lowest BCUT2D eigenvalue weighted by Crippen LogP contribution is -2.50. The Hall–Kier alpha value is -1.69. The van der Waals surface area contributed by atoms with E-state index in [0.29, 0.717) is 13.0 Å². The molecule has 2 heterocycles. The summed E-state index contributed by atoms with van der Waals surface area (Å²) in [6, 6.07) is 9.10. The molecule has 0 unspecified atom stereocenters. The lowest BCUT2D eigenvalue weighted by molar-refractivity contribution is -0.118. The number of para-hydroxylation sites is 1. The number of carbonyl (C=O) groups excluding carboxylic acids is 2. The smallest absolute Gasteiger partial charge is 0.318 e.